The highest BCUT2D eigenvalue weighted by Crippen LogP contribution is 2.25. The maximum atomic E-state index is 13.0. The number of carbonyl (C=O) groups excluding carboxylic acids is 1. The predicted molar refractivity (Wildman–Crippen MR) is 126 cm³/mol. The second-order valence-electron chi connectivity index (χ2n) is 7.59. The number of halogens is 1. The zero-order chi connectivity index (χ0) is 22.7. The van der Waals surface area contributed by atoms with E-state index < -0.39 is 5.97 Å². The number of aromatic nitrogens is 2. The Morgan fingerprint density at radius 2 is 1.72 bits per heavy atom. The molecule has 1 aliphatic heterocycles. The molecule has 3 aromatic rings. The number of carbonyl (C=O) groups is 1. The topological polar surface area (TPSA) is 67.7 Å². The zero-order valence-electron chi connectivity index (χ0n) is 18.1. The van der Waals surface area contributed by atoms with Gasteiger partial charge in [-0.1, -0.05) is 35.9 Å². The lowest BCUT2D eigenvalue weighted by Gasteiger charge is -2.37. The molecular formula is C24H25ClN4O3. The van der Waals surface area contributed by atoms with Gasteiger partial charge in [0.15, 0.2) is 5.69 Å². The highest BCUT2D eigenvalue weighted by atomic mass is 35.5. The van der Waals surface area contributed by atoms with Crippen LogP contribution >= 0.6 is 11.6 Å². The van der Waals surface area contributed by atoms with E-state index in [0.717, 1.165) is 24.3 Å². The minimum atomic E-state index is -0.540. The summed E-state index contributed by atoms with van der Waals surface area (Å²) in [5.41, 5.74) is 2.94. The fourth-order valence-corrected chi connectivity index (χ4v) is 4.07. The smallest absolute Gasteiger partial charge is 0.360 e. The summed E-state index contributed by atoms with van der Waals surface area (Å²) < 4.78 is 6.53. The first-order chi connectivity index (χ1) is 15.5. The Bertz CT molecular complexity index is 1190. The third-order valence-electron chi connectivity index (χ3n) is 5.52. The molecule has 0 N–H and O–H groups in total. The molecule has 4 rings (SSSR count). The molecule has 2 heterocycles. The van der Waals surface area contributed by atoms with Gasteiger partial charge in [-0.05, 0) is 43.7 Å². The van der Waals surface area contributed by atoms with Crippen LogP contribution in [0.25, 0.3) is 5.69 Å². The number of ether oxygens (including phenoxy) is 1. The van der Waals surface area contributed by atoms with Crippen LogP contribution in [-0.4, -0.2) is 48.5 Å². The van der Waals surface area contributed by atoms with Crippen LogP contribution in [0.4, 0.5) is 11.4 Å². The second kappa shape index (κ2) is 9.44. The standard InChI is InChI=1S/C24H25ClN4O3/c1-3-32-24(31)23-21(16-22(30)29(26-23)20-10-5-4-7-17(20)2)28-13-11-27(12-14-28)19-9-6-8-18(25)15-19/h4-10,15-16H,3,11-14H2,1-2H3. The van der Waals surface area contributed by atoms with Crippen LogP contribution in [0.1, 0.15) is 23.0 Å². The Balaban J connectivity index is 1.66. The average Bonchev–Trinajstić information content (AvgIpc) is 2.80. The van der Waals surface area contributed by atoms with E-state index in [1.807, 2.05) is 60.4 Å². The van der Waals surface area contributed by atoms with E-state index in [1.165, 1.54) is 10.7 Å². The normalized spacial score (nSPS) is 13.8. The van der Waals surface area contributed by atoms with E-state index in [9.17, 15) is 9.59 Å². The number of anilines is 2. The summed E-state index contributed by atoms with van der Waals surface area (Å²) in [7, 11) is 0. The number of rotatable bonds is 5. The largest absolute Gasteiger partial charge is 0.461 e. The lowest BCUT2D eigenvalue weighted by atomic mass is 10.2. The van der Waals surface area contributed by atoms with E-state index in [-0.39, 0.29) is 17.9 Å². The minimum Gasteiger partial charge on any atom is -0.461 e. The average molecular weight is 453 g/mol. The minimum absolute atomic E-state index is 0.144. The molecule has 1 aromatic heterocycles. The molecule has 1 saturated heterocycles. The van der Waals surface area contributed by atoms with Crippen LogP contribution in [-0.2, 0) is 4.74 Å². The van der Waals surface area contributed by atoms with Crippen LogP contribution < -0.4 is 15.4 Å². The Kier molecular flexibility index (Phi) is 6.46. The van der Waals surface area contributed by atoms with E-state index in [2.05, 4.69) is 10.00 Å². The van der Waals surface area contributed by atoms with Gasteiger partial charge in [0.2, 0.25) is 0 Å². The highest BCUT2D eigenvalue weighted by molar-refractivity contribution is 6.30. The van der Waals surface area contributed by atoms with Crippen molar-refractivity contribution in [2.24, 2.45) is 0 Å². The van der Waals surface area contributed by atoms with Crippen LogP contribution in [0.5, 0.6) is 0 Å². The van der Waals surface area contributed by atoms with E-state index in [0.29, 0.717) is 29.5 Å². The first-order valence-electron chi connectivity index (χ1n) is 10.6. The molecule has 1 aliphatic rings. The van der Waals surface area contributed by atoms with Gasteiger partial charge < -0.3 is 14.5 Å². The van der Waals surface area contributed by atoms with Crippen molar-refractivity contribution in [2.45, 2.75) is 13.8 Å². The summed E-state index contributed by atoms with van der Waals surface area (Å²) in [5, 5.41) is 5.14. The molecule has 0 bridgehead atoms. The lowest BCUT2D eigenvalue weighted by molar-refractivity contribution is 0.0518. The quantitative estimate of drug-likeness (QED) is 0.550. The molecule has 0 unspecified atom stereocenters. The Morgan fingerprint density at radius 3 is 2.41 bits per heavy atom. The summed E-state index contributed by atoms with van der Waals surface area (Å²) in [6, 6.07) is 16.7. The van der Waals surface area contributed by atoms with Gasteiger partial charge in [-0.25, -0.2) is 4.79 Å². The first kappa shape index (κ1) is 21.9. The third-order valence-corrected chi connectivity index (χ3v) is 5.75. The summed E-state index contributed by atoms with van der Waals surface area (Å²) in [6.07, 6.45) is 0. The monoisotopic (exact) mass is 452 g/mol. The Labute approximate surface area is 191 Å². The first-order valence-corrected chi connectivity index (χ1v) is 11.0. The Hall–Kier alpha value is -3.32. The highest BCUT2D eigenvalue weighted by Gasteiger charge is 2.26. The van der Waals surface area contributed by atoms with E-state index >= 15 is 0 Å². The predicted octanol–water partition coefficient (Wildman–Crippen LogP) is 3.70. The Morgan fingerprint density at radius 1 is 1.00 bits per heavy atom. The van der Waals surface area contributed by atoms with Crippen molar-refractivity contribution in [1.82, 2.24) is 9.78 Å². The SMILES string of the molecule is CCOC(=O)c1nn(-c2ccccc2C)c(=O)cc1N1CCN(c2cccc(Cl)c2)CC1. The van der Waals surface area contributed by atoms with Crippen molar-refractivity contribution in [3.05, 3.63) is 81.2 Å². The van der Waals surface area contributed by atoms with Gasteiger partial charge in [0.05, 0.1) is 18.0 Å². The fourth-order valence-electron chi connectivity index (χ4n) is 3.88. The van der Waals surface area contributed by atoms with Gasteiger partial charge in [-0.3, -0.25) is 4.79 Å². The van der Waals surface area contributed by atoms with Crippen LogP contribution in [0.3, 0.4) is 0 Å². The zero-order valence-corrected chi connectivity index (χ0v) is 18.9. The number of hydrogen-bond donors (Lipinski definition) is 0. The van der Waals surface area contributed by atoms with Crippen LogP contribution in [0.2, 0.25) is 5.02 Å². The molecule has 0 radical (unpaired) electrons. The maximum absolute atomic E-state index is 13.0. The van der Waals surface area contributed by atoms with Crippen molar-refractivity contribution in [3.8, 4) is 5.69 Å². The molecular weight excluding hydrogens is 428 g/mol. The van der Waals surface area contributed by atoms with Crippen LogP contribution in [0.15, 0.2) is 59.4 Å². The van der Waals surface area contributed by atoms with Gasteiger partial charge in [0, 0.05) is 43.0 Å². The summed E-state index contributed by atoms with van der Waals surface area (Å²) in [4.78, 5) is 30.0. The molecule has 2 aromatic carbocycles. The van der Waals surface area contributed by atoms with Gasteiger partial charge in [-0.2, -0.15) is 9.78 Å². The summed E-state index contributed by atoms with van der Waals surface area (Å²) in [6.45, 7) is 6.59. The molecule has 7 nitrogen and oxygen atoms in total. The second-order valence-corrected chi connectivity index (χ2v) is 8.03. The fraction of sp³-hybridized carbons (Fsp3) is 0.292. The van der Waals surface area contributed by atoms with E-state index in [1.54, 1.807) is 6.92 Å². The number of aryl methyl sites for hydroxylation is 1. The number of hydrogen-bond acceptors (Lipinski definition) is 6. The number of piperazine rings is 1. The summed E-state index contributed by atoms with van der Waals surface area (Å²) >= 11 is 6.13. The molecule has 166 valence electrons. The molecule has 0 aliphatic carbocycles. The molecule has 0 saturated carbocycles. The van der Waals surface area contributed by atoms with Crippen molar-refractivity contribution in [2.75, 3.05) is 42.6 Å². The summed E-state index contributed by atoms with van der Waals surface area (Å²) in [5.74, 6) is -0.540. The maximum Gasteiger partial charge on any atom is 0.360 e. The molecule has 0 amide bonds. The number of para-hydroxylation sites is 1. The molecule has 8 heteroatoms. The molecule has 1 fully saturated rings. The van der Waals surface area contributed by atoms with Gasteiger partial charge in [-0.15, -0.1) is 0 Å². The third kappa shape index (κ3) is 4.48. The van der Waals surface area contributed by atoms with Gasteiger partial charge >= 0.3 is 5.97 Å². The van der Waals surface area contributed by atoms with E-state index in [4.69, 9.17) is 16.3 Å². The molecule has 0 atom stereocenters. The van der Waals surface area contributed by atoms with Crippen molar-refractivity contribution in [1.29, 1.82) is 0 Å². The van der Waals surface area contributed by atoms with Crippen molar-refractivity contribution >= 4 is 28.9 Å². The lowest BCUT2D eigenvalue weighted by Crippen LogP contribution is -2.47. The van der Waals surface area contributed by atoms with Gasteiger partial charge in [0.1, 0.15) is 0 Å². The number of benzene rings is 2. The van der Waals surface area contributed by atoms with Crippen molar-refractivity contribution < 1.29 is 9.53 Å². The van der Waals surface area contributed by atoms with Crippen molar-refractivity contribution in [3.63, 3.8) is 0 Å². The molecule has 32 heavy (non-hydrogen) atoms. The number of esters is 1. The van der Waals surface area contributed by atoms with Gasteiger partial charge in [0.25, 0.3) is 5.56 Å². The number of nitrogens with zero attached hydrogens (tertiary/aromatic N) is 4. The molecule has 0 spiro atoms. The van der Waals surface area contributed by atoms with Crippen LogP contribution in [0, 0.1) is 6.92 Å².